The lowest BCUT2D eigenvalue weighted by atomic mass is 10.1. The summed E-state index contributed by atoms with van der Waals surface area (Å²) in [5.74, 6) is 1.64. The maximum Gasteiger partial charge on any atom is 0.191 e. The second-order valence-electron chi connectivity index (χ2n) is 7.63. The monoisotopic (exact) mass is 559 g/mol. The van der Waals surface area contributed by atoms with Gasteiger partial charge < -0.3 is 15.4 Å². The zero-order valence-electron chi connectivity index (χ0n) is 19.2. The van der Waals surface area contributed by atoms with Gasteiger partial charge in [0.1, 0.15) is 5.75 Å². The van der Waals surface area contributed by atoms with Crippen molar-refractivity contribution in [3.63, 3.8) is 0 Å². The number of hydrogen-bond acceptors (Lipinski definition) is 4. The number of benzene rings is 2. The van der Waals surface area contributed by atoms with Crippen molar-refractivity contribution in [2.24, 2.45) is 4.99 Å². The third kappa shape index (κ3) is 8.33. The van der Waals surface area contributed by atoms with Crippen LogP contribution in [0.4, 0.5) is 0 Å². The van der Waals surface area contributed by atoms with Crippen LogP contribution >= 0.6 is 24.0 Å². The molecule has 2 N–H and O–H groups in total. The summed E-state index contributed by atoms with van der Waals surface area (Å²) in [5, 5.41) is 6.53. The molecule has 0 fully saturated rings. The van der Waals surface area contributed by atoms with Gasteiger partial charge in [0, 0.05) is 26.4 Å². The van der Waals surface area contributed by atoms with Crippen LogP contribution in [0.5, 0.6) is 5.75 Å². The van der Waals surface area contributed by atoms with E-state index in [4.69, 9.17) is 4.74 Å². The largest absolute Gasteiger partial charge is 0.493 e. The van der Waals surface area contributed by atoms with Crippen LogP contribution in [0.25, 0.3) is 0 Å². The fourth-order valence-electron chi connectivity index (χ4n) is 3.26. The van der Waals surface area contributed by atoms with E-state index in [0.29, 0.717) is 24.0 Å². The molecule has 0 aliphatic heterocycles. The summed E-state index contributed by atoms with van der Waals surface area (Å²) in [7, 11) is -1.47. The molecule has 0 spiro atoms. The molecular weight excluding hydrogens is 525 g/mol. The van der Waals surface area contributed by atoms with E-state index in [1.54, 1.807) is 13.1 Å². The standard InChI is InChI=1S/C23H33N3O3S.HI/c1-16-12-17(2)19(4)21(13-16)29-11-7-10-25-23(24-5)26-15-20-8-9-22(18(3)14-20)30(6,27)28;/h8-9,12-14H,7,10-11,15H2,1-6H3,(H2,24,25,26);1H. The lowest BCUT2D eigenvalue weighted by Crippen LogP contribution is -2.37. The molecule has 0 saturated heterocycles. The summed E-state index contributed by atoms with van der Waals surface area (Å²) < 4.78 is 29.4. The second kappa shape index (κ2) is 12.3. The quantitative estimate of drug-likeness (QED) is 0.221. The van der Waals surface area contributed by atoms with Crippen LogP contribution in [-0.4, -0.2) is 40.8 Å². The van der Waals surface area contributed by atoms with E-state index in [1.807, 2.05) is 19.1 Å². The lowest BCUT2D eigenvalue weighted by molar-refractivity contribution is 0.308. The van der Waals surface area contributed by atoms with Gasteiger partial charge in [-0.1, -0.05) is 18.2 Å². The van der Waals surface area contributed by atoms with Gasteiger partial charge >= 0.3 is 0 Å². The molecule has 0 heterocycles. The number of aryl methyl sites for hydroxylation is 3. The molecular formula is C23H34IN3O3S. The number of guanidine groups is 1. The molecule has 31 heavy (non-hydrogen) atoms. The molecule has 6 nitrogen and oxygen atoms in total. The average Bonchev–Trinajstić information content (AvgIpc) is 2.66. The van der Waals surface area contributed by atoms with Crippen LogP contribution in [0.2, 0.25) is 0 Å². The van der Waals surface area contributed by atoms with Crippen molar-refractivity contribution in [3.05, 3.63) is 58.1 Å². The Morgan fingerprint density at radius 2 is 1.74 bits per heavy atom. The summed E-state index contributed by atoms with van der Waals surface area (Å²) in [5.41, 5.74) is 5.38. The maximum atomic E-state index is 11.7. The Morgan fingerprint density at radius 3 is 2.35 bits per heavy atom. The van der Waals surface area contributed by atoms with E-state index in [2.05, 4.69) is 48.5 Å². The van der Waals surface area contributed by atoms with Crippen molar-refractivity contribution in [3.8, 4) is 5.75 Å². The normalized spacial score (nSPS) is 11.6. The van der Waals surface area contributed by atoms with Gasteiger partial charge in [-0.05, 0) is 74.1 Å². The third-order valence-corrected chi connectivity index (χ3v) is 6.21. The average molecular weight is 560 g/mol. The molecule has 8 heteroatoms. The van der Waals surface area contributed by atoms with Crippen molar-refractivity contribution < 1.29 is 13.2 Å². The predicted octanol–water partition coefficient (Wildman–Crippen LogP) is 4.08. The van der Waals surface area contributed by atoms with Crippen LogP contribution in [0.1, 0.15) is 34.2 Å². The van der Waals surface area contributed by atoms with E-state index in [0.717, 1.165) is 29.8 Å². The highest BCUT2D eigenvalue weighted by Crippen LogP contribution is 2.23. The highest BCUT2D eigenvalue weighted by molar-refractivity contribution is 14.0. The number of halogens is 1. The highest BCUT2D eigenvalue weighted by Gasteiger charge is 2.11. The van der Waals surface area contributed by atoms with Crippen molar-refractivity contribution in [2.45, 2.75) is 45.6 Å². The zero-order valence-corrected chi connectivity index (χ0v) is 22.4. The smallest absolute Gasteiger partial charge is 0.191 e. The summed E-state index contributed by atoms with van der Waals surface area (Å²) >= 11 is 0. The van der Waals surface area contributed by atoms with Gasteiger partial charge in [-0.3, -0.25) is 4.99 Å². The molecule has 172 valence electrons. The first kappa shape index (κ1) is 27.2. The van der Waals surface area contributed by atoms with Crippen LogP contribution in [0.15, 0.2) is 40.2 Å². The number of rotatable bonds is 8. The minimum absolute atomic E-state index is 0. The molecule has 0 atom stereocenters. The van der Waals surface area contributed by atoms with Gasteiger partial charge in [0.15, 0.2) is 15.8 Å². The van der Waals surface area contributed by atoms with Crippen molar-refractivity contribution in [1.29, 1.82) is 0 Å². The number of hydrogen-bond donors (Lipinski definition) is 2. The summed E-state index contributed by atoms with van der Waals surface area (Å²) in [6, 6.07) is 9.60. The van der Waals surface area contributed by atoms with E-state index in [9.17, 15) is 8.42 Å². The Bertz CT molecular complexity index is 1020. The summed E-state index contributed by atoms with van der Waals surface area (Å²) in [4.78, 5) is 4.60. The van der Waals surface area contributed by atoms with Gasteiger partial charge in [0.2, 0.25) is 0 Å². The topological polar surface area (TPSA) is 79.8 Å². The fraction of sp³-hybridized carbons (Fsp3) is 0.435. The molecule has 0 bridgehead atoms. The SMILES string of the molecule is CN=C(NCCCOc1cc(C)cc(C)c1C)NCc1ccc(S(C)(=O)=O)c(C)c1.I. The van der Waals surface area contributed by atoms with Gasteiger partial charge in [0.25, 0.3) is 0 Å². The minimum Gasteiger partial charge on any atom is -0.493 e. The number of ether oxygens (including phenoxy) is 1. The number of aliphatic imine (C=N–C) groups is 1. The second-order valence-corrected chi connectivity index (χ2v) is 9.62. The van der Waals surface area contributed by atoms with Crippen molar-refractivity contribution >= 4 is 39.8 Å². The lowest BCUT2D eigenvalue weighted by Gasteiger charge is -2.14. The van der Waals surface area contributed by atoms with Crippen LogP contribution in [-0.2, 0) is 16.4 Å². The Morgan fingerprint density at radius 1 is 1.03 bits per heavy atom. The molecule has 2 rings (SSSR count). The molecule has 0 aliphatic rings. The molecule has 0 aliphatic carbocycles. The van der Waals surface area contributed by atoms with Crippen molar-refractivity contribution in [1.82, 2.24) is 10.6 Å². The van der Waals surface area contributed by atoms with Crippen molar-refractivity contribution in [2.75, 3.05) is 26.5 Å². The third-order valence-electron chi connectivity index (χ3n) is 4.96. The van der Waals surface area contributed by atoms with Gasteiger partial charge in [0.05, 0.1) is 11.5 Å². The minimum atomic E-state index is -3.20. The van der Waals surface area contributed by atoms with E-state index < -0.39 is 9.84 Å². The van der Waals surface area contributed by atoms with Crippen LogP contribution in [0.3, 0.4) is 0 Å². The van der Waals surface area contributed by atoms with Crippen LogP contribution in [0, 0.1) is 27.7 Å². The molecule has 0 unspecified atom stereocenters. The van der Waals surface area contributed by atoms with Gasteiger partial charge in [-0.15, -0.1) is 24.0 Å². The predicted molar refractivity (Wildman–Crippen MR) is 139 cm³/mol. The highest BCUT2D eigenvalue weighted by atomic mass is 127. The molecule has 2 aromatic rings. The molecule has 0 saturated carbocycles. The Balaban J connectivity index is 0.00000480. The first-order valence-corrected chi connectivity index (χ1v) is 12.0. The fourth-order valence-corrected chi connectivity index (χ4v) is 4.21. The number of sulfone groups is 1. The summed E-state index contributed by atoms with van der Waals surface area (Å²) in [6.45, 7) is 9.98. The maximum absolute atomic E-state index is 11.7. The summed E-state index contributed by atoms with van der Waals surface area (Å²) in [6.07, 6.45) is 2.07. The molecule has 0 amide bonds. The first-order valence-electron chi connectivity index (χ1n) is 10.1. The van der Waals surface area contributed by atoms with E-state index in [-0.39, 0.29) is 24.0 Å². The Kier molecular flexibility index (Phi) is 10.8. The van der Waals surface area contributed by atoms with E-state index >= 15 is 0 Å². The van der Waals surface area contributed by atoms with Gasteiger partial charge in [-0.2, -0.15) is 0 Å². The number of nitrogens with zero attached hydrogens (tertiary/aromatic N) is 1. The Labute approximate surface area is 203 Å². The molecule has 2 aromatic carbocycles. The molecule has 0 aromatic heterocycles. The van der Waals surface area contributed by atoms with E-state index in [1.165, 1.54) is 22.9 Å². The molecule has 0 radical (unpaired) electrons. The zero-order chi connectivity index (χ0) is 22.3. The van der Waals surface area contributed by atoms with Gasteiger partial charge in [-0.25, -0.2) is 8.42 Å². The number of nitrogens with one attached hydrogen (secondary N) is 2. The Hall–Kier alpha value is -1.81. The first-order chi connectivity index (χ1) is 14.1. The van der Waals surface area contributed by atoms with Crippen LogP contribution < -0.4 is 15.4 Å².